The lowest BCUT2D eigenvalue weighted by molar-refractivity contribution is -0.384. The maximum atomic E-state index is 16.7. The first-order valence-corrected chi connectivity index (χ1v) is 40.1. The second kappa shape index (κ2) is 35.3. The number of carbonyl (C=O) groups is 4. The van der Waals surface area contributed by atoms with Crippen molar-refractivity contribution in [2.24, 2.45) is 0 Å². The second-order valence-corrected chi connectivity index (χ2v) is 33.4. The number of likely N-dealkylation sites (tertiary alicyclic amines) is 2. The third-order valence-electron chi connectivity index (χ3n) is 22.7. The maximum Gasteiger partial charge on any atom is 0.410 e. The first-order valence-electron chi connectivity index (χ1n) is 39.4. The molecule has 0 spiro atoms. The number of hydrogen-bond acceptors (Lipinski definition) is 18. The SMILES string of the molecule is CC(C)(C)OC(=O)N1CCC[C@H]1C(=O)Nc1ccc([C@H]2CC[C@H](c3ccc(NC(=O)[C@@H]4CCCN4C(=O)OC(C)(C)C)c([N+](=O)[O-])c3)N2c2cc(F)c(N3CCC(c4ccccc4)CC3)c(F)c2)cc1[N+](=O)[O-].O=[N+]([O-])c1cc([C@H]2CC[C@H](c3ccc(Cl)c([N+](=O)[O-])c3)N2c2cc(F)c(N3CCC(c4ccccc4)CC3)c(F)c2)ccc1Cl. The third-order valence-corrected chi connectivity index (χ3v) is 23.4. The Morgan fingerprint density at radius 3 is 0.983 bits per heavy atom. The lowest BCUT2D eigenvalue weighted by atomic mass is 9.89. The summed E-state index contributed by atoms with van der Waals surface area (Å²) in [6, 6.07) is 37.9. The molecular weight excluding hydrogens is 1570 g/mol. The van der Waals surface area contributed by atoms with E-state index in [9.17, 15) is 59.6 Å². The molecule has 2 N–H and O–H groups in total. The van der Waals surface area contributed by atoms with Crippen LogP contribution in [0.5, 0.6) is 0 Å². The van der Waals surface area contributed by atoms with Gasteiger partial charge in [0.2, 0.25) is 11.8 Å². The van der Waals surface area contributed by atoms with E-state index >= 15 is 17.6 Å². The number of hydrogen-bond donors (Lipinski definition) is 2. The molecule has 0 aliphatic carbocycles. The van der Waals surface area contributed by atoms with Crippen LogP contribution in [0.1, 0.15) is 188 Å². The number of piperidine rings is 2. The molecule has 32 heteroatoms. The average Bonchev–Trinajstić information content (AvgIpc) is 1.57. The summed E-state index contributed by atoms with van der Waals surface area (Å²) in [5, 5.41) is 54.1. The fourth-order valence-corrected chi connectivity index (χ4v) is 17.7. The van der Waals surface area contributed by atoms with Crippen molar-refractivity contribution in [1.82, 2.24) is 9.80 Å². The Labute approximate surface area is 688 Å². The van der Waals surface area contributed by atoms with Crippen molar-refractivity contribution >= 4 is 104 Å². The van der Waals surface area contributed by atoms with Crippen LogP contribution in [0.15, 0.2) is 158 Å². The van der Waals surface area contributed by atoms with Gasteiger partial charge in [-0.25, -0.2) is 27.2 Å². The third kappa shape index (κ3) is 18.7. The van der Waals surface area contributed by atoms with Gasteiger partial charge in [0, 0.05) is 74.9 Å². The predicted octanol–water partition coefficient (Wildman–Crippen LogP) is 20.5. The van der Waals surface area contributed by atoms with Crippen LogP contribution in [0, 0.1) is 63.7 Å². The van der Waals surface area contributed by atoms with E-state index in [1.165, 1.54) is 88.2 Å². The number of halogens is 6. The van der Waals surface area contributed by atoms with E-state index in [0.717, 1.165) is 18.4 Å². The number of rotatable bonds is 18. The van der Waals surface area contributed by atoms with Gasteiger partial charge < -0.3 is 39.7 Å². The quantitative estimate of drug-likeness (QED) is 0.0458. The molecule has 26 nitrogen and oxygen atoms in total. The molecular formula is C86H90Cl2F4N12O14. The van der Waals surface area contributed by atoms with Gasteiger partial charge in [0.25, 0.3) is 22.7 Å². The van der Waals surface area contributed by atoms with E-state index in [4.69, 9.17) is 32.7 Å². The minimum Gasteiger partial charge on any atom is -0.444 e. The Balaban J connectivity index is 0.000000229. The zero-order valence-corrected chi connectivity index (χ0v) is 67.3. The Morgan fingerprint density at radius 1 is 0.390 bits per heavy atom. The number of ether oxygens (including phenoxy) is 2. The van der Waals surface area contributed by atoms with Gasteiger partial charge in [-0.1, -0.05) is 108 Å². The number of nitro benzene ring substituents is 4. The van der Waals surface area contributed by atoms with Gasteiger partial charge in [0.05, 0.1) is 43.9 Å². The molecule has 0 aromatic heterocycles. The largest absolute Gasteiger partial charge is 0.444 e. The van der Waals surface area contributed by atoms with Gasteiger partial charge in [0.1, 0.15) is 56.1 Å². The topological polar surface area (TPSA) is 303 Å². The molecule has 6 atom stereocenters. The minimum absolute atomic E-state index is 0.0318. The van der Waals surface area contributed by atoms with Crippen molar-refractivity contribution in [3.63, 3.8) is 0 Å². The summed E-state index contributed by atoms with van der Waals surface area (Å²) in [6.45, 7) is 12.5. The summed E-state index contributed by atoms with van der Waals surface area (Å²) in [7, 11) is 0. The fraction of sp³-hybridized carbons (Fsp3) is 0.395. The van der Waals surface area contributed by atoms with E-state index in [1.54, 1.807) is 85.4 Å². The second-order valence-electron chi connectivity index (χ2n) is 32.5. The summed E-state index contributed by atoms with van der Waals surface area (Å²) >= 11 is 12.2. The lowest BCUT2D eigenvalue weighted by Crippen LogP contribution is -2.45. The Bertz CT molecular complexity index is 4920. The van der Waals surface area contributed by atoms with Crippen molar-refractivity contribution in [3.8, 4) is 0 Å². The highest BCUT2D eigenvalue weighted by atomic mass is 35.5. The Hall–Kier alpha value is -11.7. The van der Waals surface area contributed by atoms with Crippen LogP contribution in [-0.4, -0.2) is 116 Å². The van der Waals surface area contributed by atoms with Crippen LogP contribution in [0.2, 0.25) is 10.0 Å². The number of nitrogens with zero attached hydrogens (tertiary/aromatic N) is 10. The molecule has 8 aromatic rings. The van der Waals surface area contributed by atoms with Crippen LogP contribution >= 0.6 is 23.2 Å². The van der Waals surface area contributed by atoms with Gasteiger partial charge in [-0.05, 0) is 212 Å². The molecule has 6 heterocycles. The van der Waals surface area contributed by atoms with Crippen molar-refractivity contribution < 1.29 is 65.9 Å². The molecule has 6 fully saturated rings. The van der Waals surface area contributed by atoms with E-state index in [-0.39, 0.29) is 87.4 Å². The van der Waals surface area contributed by atoms with Gasteiger partial charge in [-0.3, -0.25) is 59.8 Å². The number of amides is 4. The lowest BCUT2D eigenvalue weighted by Gasteiger charge is -2.36. The van der Waals surface area contributed by atoms with Gasteiger partial charge >= 0.3 is 12.2 Å². The van der Waals surface area contributed by atoms with E-state index in [2.05, 4.69) is 22.8 Å². The zero-order valence-electron chi connectivity index (χ0n) is 65.8. The molecule has 6 aliphatic rings. The van der Waals surface area contributed by atoms with Crippen molar-refractivity contribution in [2.75, 3.05) is 69.5 Å². The van der Waals surface area contributed by atoms with Gasteiger partial charge in [0.15, 0.2) is 23.3 Å². The minimum atomic E-state index is -0.943. The number of carbonyl (C=O) groups excluding carboxylic acids is 4. The van der Waals surface area contributed by atoms with Crippen molar-refractivity contribution in [1.29, 1.82) is 0 Å². The number of nitrogens with one attached hydrogen (secondary N) is 2. The summed E-state index contributed by atoms with van der Waals surface area (Å²) in [5.41, 5.74) is 0.775. The van der Waals surface area contributed by atoms with Crippen LogP contribution < -0.4 is 30.2 Å². The molecule has 620 valence electrons. The molecule has 14 rings (SSSR count). The molecule has 0 unspecified atom stereocenters. The van der Waals surface area contributed by atoms with Crippen LogP contribution in [0.3, 0.4) is 0 Å². The summed E-state index contributed by atoms with van der Waals surface area (Å²) in [5.74, 6) is -3.84. The zero-order chi connectivity index (χ0) is 84.3. The first kappa shape index (κ1) is 84.3. The summed E-state index contributed by atoms with van der Waals surface area (Å²) < 4.78 is 76.2. The molecule has 6 aliphatic heterocycles. The number of nitro groups is 4. The predicted molar refractivity (Wildman–Crippen MR) is 440 cm³/mol. The highest BCUT2D eigenvalue weighted by Gasteiger charge is 2.44. The summed E-state index contributed by atoms with van der Waals surface area (Å²) in [6.07, 6.45) is 4.61. The smallest absolute Gasteiger partial charge is 0.410 e. The number of anilines is 6. The van der Waals surface area contributed by atoms with E-state index in [0.29, 0.717) is 106 Å². The average molecular weight is 1660 g/mol. The van der Waals surface area contributed by atoms with Crippen LogP contribution in [-0.2, 0) is 19.1 Å². The first-order chi connectivity index (χ1) is 56.2. The van der Waals surface area contributed by atoms with Crippen LogP contribution in [0.25, 0.3) is 0 Å². The van der Waals surface area contributed by atoms with Crippen molar-refractivity contribution in [3.05, 3.63) is 265 Å². The molecule has 6 saturated heterocycles. The molecule has 0 bridgehead atoms. The highest BCUT2D eigenvalue weighted by molar-refractivity contribution is 6.33. The van der Waals surface area contributed by atoms with Crippen molar-refractivity contribution in [2.45, 2.75) is 178 Å². The maximum absolute atomic E-state index is 16.7. The molecule has 0 saturated carbocycles. The van der Waals surface area contributed by atoms with Crippen LogP contribution in [0.4, 0.5) is 84.0 Å². The molecule has 0 radical (unpaired) electrons. The summed E-state index contributed by atoms with van der Waals surface area (Å²) in [4.78, 5) is 109. The van der Waals surface area contributed by atoms with E-state index in [1.807, 2.05) is 48.5 Å². The number of benzene rings is 8. The standard InChI is InChI=1S/C53H62F2N8O10.C33H28Cl2F2N4O4/c1-52(2,3)72-50(66)59-24-10-14-43(59)48(64)56-39-18-16-34(28-45(39)62(68)69)41-20-21-42(61(41)36-30-37(54)47(38(55)31-36)58-26-22-33(23-27-58)32-12-8-7-9-13-32)35-17-19-40(46(29-35)63(70)71)57-49(65)44-15-11-25-60(44)51(67)73-53(4,5)6;34-25-8-6-22(16-31(25)40(42)43)29-10-11-30(23-7-9-26(35)32(17-23)41(44)45)39(29)24-18-27(36)33(28(37)19-24)38-14-12-21(13-15-38)20-4-2-1-3-5-20/h7-9,12-13,16-19,28-31,33,41-44H,10-11,14-15,20-27H2,1-6H3,(H,56,64)(H,57,65);1-9,16-19,21,29-30H,10-15H2/t41-,42-,43+,44+;29-,30-/m11/s1. The highest BCUT2D eigenvalue weighted by Crippen LogP contribution is 2.53. The molecule has 4 amide bonds. The van der Waals surface area contributed by atoms with Gasteiger partial charge in [-0.2, -0.15) is 0 Å². The van der Waals surface area contributed by atoms with Gasteiger partial charge in [-0.15, -0.1) is 0 Å². The Morgan fingerprint density at radius 2 is 0.686 bits per heavy atom. The normalized spacial score (nSPS) is 19.8. The fourth-order valence-electron chi connectivity index (χ4n) is 17.3. The monoisotopic (exact) mass is 1660 g/mol. The Kier molecular flexibility index (Phi) is 25.2. The molecule has 8 aromatic carbocycles. The van der Waals surface area contributed by atoms with E-state index < -0.39 is 126 Å². The molecule has 118 heavy (non-hydrogen) atoms.